The summed E-state index contributed by atoms with van der Waals surface area (Å²) in [7, 11) is 0. The van der Waals surface area contributed by atoms with E-state index in [-0.39, 0.29) is 23.8 Å². The third kappa shape index (κ3) is 15.8. The van der Waals surface area contributed by atoms with Gasteiger partial charge >= 0.3 is 11.9 Å². The number of hydrogen-bond acceptors (Lipinski definition) is 6. The first-order valence-electron chi connectivity index (χ1n) is 36.5. The quantitative estimate of drug-likeness (QED) is 0.0635. The zero-order chi connectivity index (χ0) is 55.1. The van der Waals surface area contributed by atoms with Crippen molar-refractivity contribution < 1.29 is 19.1 Å². The SMILES string of the molecule is CCCCCCCCC1(CCCCCCCC)C2CC(C)CCC2C2CCC(C3CCC(N(C4CCC(C5CCC(N(C6CCC(C)CC6)C6CCCC(C(=O)OCC)C6)CC5)CC4)C4CCCC(C(=O)OCC)C4)CC3)CC21. The van der Waals surface area contributed by atoms with Gasteiger partial charge in [-0.3, -0.25) is 19.4 Å². The maximum Gasteiger partial charge on any atom is 0.308 e. The molecule has 9 fully saturated rings. The van der Waals surface area contributed by atoms with Crippen LogP contribution in [0, 0.1) is 76.4 Å². The van der Waals surface area contributed by atoms with E-state index in [4.69, 9.17) is 9.47 Å². The van der Waals surface area contributed by atoms with Gasteiger partial charge in [-0.05, 0) is 265 Å². The van der Waals surface area contributed by atoms with Crippen LogP contribution >= 0.6 is 0 Å². The smallest absolute Gasteiger partial charge is 0.308 e. The van der Waals surface area contributed by atoms with E-state index in [1.165, 1.54) is 218 Å². The third-order valence-corrected chi connectivity index (χ3v) is 25.7. The number of fused-ring (bicyclic) bond motifs is 3. The Bertz CT molecular complexity index is 1740. The molecule has 0 N–H and O–H groups in total. The van der Waals surface area contributed by atoms with Crippen molar-refractivity contribution >= 4 is 11.9 Å². The van der Waals surface area contributed by atoms with Crippen molar-refractivity contribution in [2.45, 2.75) is 360 Å². The highest BCUT2D eigenvalue weighted by Crippen LogP contribution is 2.69. The summed E-state index contributed by atoms with van der Waals surface area (Å²) in [5.41, 5.74) is 0.626. The number of nitrogens with zero attached hydrogens (tertiary/aromatic N) is 2. The lowest BCUT2D eigenvalue weighted by molar-refractivity contribution is -0.151. The normalized spacial score (nSPS) is 39.0. The van der Waals surface area contributed by atoms with Crippen LogP contribution in [0.25, 0.3) is 0 Å². The molecule has 454 valence electrons. The highest BCUT2D eigenvalue weighted by atomic mass is 16.5. The van der Waals surface area contributed by atoms with Gasteiger partial charge in [0.05, 0.1) is 25.0 Å². The number of carbonyl (C=O) groups is 2. The Labute approximate surface area is 488 Å². The van der Waals surface area contributed by atoms with Crippen molar-refractivity contribution in [3.63, 3.8) is 0 Å². The zero-order valence-corrected chi connectivity index (χ0v) is 52.9. The number of ether oxygens (including phenoxy) is 2. The molecule has 6 heteroatoms. The van der Waals surface area contributed by atoms with Gasteiger partial charge in [0.15, 0.2) is 0 Å². The Morgan fingerprint density at radius 3 is 1.18 bits per heavy atom. The van der Waals surface area contributed by atoms with Gasteiger partial charge in [-0.25, -0.2) is 0 Å². The molecule has 0 amide bonds. The second-order valence-electron chi connectivity index (χ2n) is 30.4. The molecule has 6 nitrogen and oxygen atoms in total. The highest BCUT2D eigenvalue weighted by molar-refractivity contribution is 5.73. The molecule has 0 radical (unpaired) electrons. The minimum Gasteiger partial charge on any atom is -0.466 e. The molecule has 10 unspecified atom stereocenters. The molecule has 0 saturated heterocycles. The molecule has 9 rings (SSSR count). The second-order valence-corrected chi connectivity index (χ2v) is 30.4. The van der Waals surface area contributed by atoms with Crippen LogP contribution in [0.1, 0.15) is 324 Å². The first-order valence-corrected chi connectivity index (χ1v) is 36.5. The summed E-state index contributed by atoms with van der Waals surface area (Å²) in [6.45, 7) is 14.9. The van der Waals surface area contributed by atoms with Crippen LogP contribution < -0.4 is 0 Å². The highest BCUT2D eigenvalue weighted by Gasteiger charge is 2.61. The molecule has 9 aliphatic rings. The largest absolute Gasteiger partial charge is 0.466 e. The summed E-state index contributed by atoms with van der Waals surface area (Å²) in [4.78, 5) is 32.8. The molecule has 0 aromatic heterocycles. The fourth-order valence-corrected chi connectivity index (χ4v) is 21.8. The van der Waals surface area contributed by atoms with Crippen molar-refractivity contribution in [2.24, 2.45) is 76.4 Å². The number of esters is 2. The molecule has 79 heavy (non-hydrogen) atoms. The molecule has 0 heterocycles. The van der Waals surface area contributed by atoms with E-state index in [1.807, 2.05) is 13.8 Å². The molecule has 0 aromatic carbocycles. The lowest BCUT2D eigenvalue weighted by Crippen LogP contribution is -2.54. The summed E-state index contributed by atoms with van der Waals surface area (Å²) in [6, 6.07) is 3.88. The van der Waals surface area contributed by atoms with Crippen LogP contribution in [-0.4, -0.2) is 71.2 Å². The first kappa shape index (κ1) is 62.4. The van der Waals surface area contributed by atoms with Gasteiger partial charge in [-0.1, -0.05) is 124 Å². The average molecular weight is 1100 g/mol. The lowest BCUT2D eigenvalue weighted by Gasteiger charge is -2.52. The minimum atomic E-state index is 0.0729. The lowest BCUT2D eigenvalue weighted by atomic mass is 9.57. The van der Waals surface area contributed by atoms with Crippen molar-refractivity contribution in [2.75, 3.05) is 13.2 Å². The van der Waals surface area contributed by atoms with Crippen LogP contribution in [0.2, 0.25) is 0 Å². The summed E-state index contributed by atoms with van der Waals surface area (Å²) < 4.78 is 11.4. The Morgan fingerprint density at radius 1 is 0.367 bits per heavy atom. The van der Waals surface area contributed by atoms with Crippen LogP contribution in [0.4, 0.5) is 0 Å². The molecule has 0 spiro atoms. The van der Waals surface area contributed by atoms with Crippen LogP contribution in [-0.2, 0) is 19.1 Å². The average Bonchev–Trinajstić information content (AvgIpc) is 3.92. The summed E-state index contributed by atoms with van der Waals surface area (Å²) >= 11 is 0. The van der Waals surface area contributed by atoms with Gasteiger partial charge in [0.25, 0.3) is 0 Å². The van der Waals surface area contributed by atoms with Gasteiger partial charge in [0, 0.05) is 36.3 Å². The Balaban J connectivity index is 0.843. The van der Waals surface area contributed by atoms with Gasteiger partial charge in [-0.15, -0.1) is 0 Å². The van der Waals surface area contributed by atoms with Crippen molar-refractivity contribution in [1.29, 1.82) is 0 Å². The Kier molecular flexibility index (Phi) is 24.7. The molecular weight excluding hydrogens is 969 g/mol. The summed E-state index contributed by atoms with van der Waals surface area (Å²) in [6.07, 6.45) is 61.2. The molecule has 9 aliphatic carbocycles. The topological polar surface area (TPSA) is 59.1 Å². The third-order valence-electron chi connectivity index (χ3n) is 25.7. The molecule has 0 aliphatic heterocycles. The van der Waals surface area contributed by atoms with Gasteiger partial charge in [0.1, 0.15) is 0 Å². The van der Waals surface area contributed by atoms with E-state index in [2.05, 4.69) is 37.5 Å². The molecule has 10 atom stereocenters. The molecular formula is C73H128N2O4. The van der Waals surface area contributed by atoms with Gasteiger partial charge in [0.2, 0.25) is 0 Å². The fourth-order valence-electron chi connectivity index (χ4n) is 21.8. The number of carbonyl (C=O) groups excluding carboxylic acids is 2. The van der Waals surface area contributed by atoms with E-state index in [0.717, 1.165) is 84.9 Å². The zero-order valence-electron chi connectivity index (χ0n) is 52.9. The summed E-state index contributed by atoms with van der Waals surface area (Å²) in [5, 5.41) is 0. The summed E-state index contributed by atoms with van der Waals surface area (Å²) in [5.74, 6) is 9.88. The molecule has 9 saturated carbocycles. The molecule has 0 bridgehead atoms. The molecule has 0 aromatic rings. The number of unbranched alkanes of at least 4 members (excludes halogenated alkanes) is 10. The van der Waals surface area contributed by atoms with E-state index in [9.17, 15) is 9.59 Å². The van der Waals surface area contributed by atoms with Crippen molar-refractivity contribution in [1.82, 2.24) is 9.80 Å². The number of hydrogen-bond donors (Lipinski definition) is 0. The van der Waals surface area contributed by atoms with Gasteiger partial charge in [-0.2, -0.15) is 0 Å². The predicted octanol–water partition coefficient (Wildman–Crippen LogP) is 19.7. The fraction of sp³-hybridized carbons (Fsp3) is 0.973. The monoisotopic (exact) mass is 1100 g/mol. The Morgan fingerprint density at radius 2 is 0.734 bits per heavy atom. The van der Waals surface area contributed by atoms with E-state index < -0.39 is 0 Å². The maximum absolute atomic E-state index is 13.5. The van der Waals surface area contributed by atoms with E-state index >= 15 is 0 Å². The first-order chi connectivity index (χ1) is 38.6. The minimum absolute atomic E-state index is 0.0729. The van der Waals surface area contributed by atoms with Crippen molar-refractivity contribution in [3.8, 4) is 0 Å². The second kappa shape index (κ2) is 31.3. The Hall–Kier alpha value is -1.14. The van der Waals surface area contributed by atoms with Crippen LogP contribution in [0.5, 0.6) is 0 Å². The van der Waals surface area contributed by atoms with Crippen LogP contribution in [0.15, 0.2) is 0 Å². The van der Waals surface area contributed by atoms with E-state index in [0.29, 0.717) is 54.9 Å². The standard InChI is InChI=1S/C73H128N2O4/c1-7-11-13-15-17-19-47-73(48-20-18-16-14-12-8-2)69-49-54(6)29-45-67(69)68-46-36-58(52-70(68)73)57-34-43-64(44-35-57)75(66-26-22-24-60(51-66)72(77)79-10-4)63-41-32-56(33-42-63)55-30-39-62(40-31-55)74(61-37-27-53(5)28-38-61)65-25-21-23-59(50-65)71(76)78-9-3/h53-70H,7-52H2,1-6H3. The maximum atomic E-state index is 13.5. The number of rotatable bonds is 26. The van der Waals surface area contributed by atoms with Gasteiger partial charge < -0.3 is 9.47 Å². The van der Waals surface area contributed by atoms with Crippen LogP contribution in [0.3, 0.4) is 0 Å². The van der Waals surface area contributed by atoms with Crippen molar-refractivity contribution in [3.05, 3.63) is 0 Å². The van der Waals surface area contributed by atoms with E-state index in [1.54, 1.807) is 38.5 Å². The predicted molar refractivity (Wildman–Crippen MR) is 330 cm³/mol.